The fraction of sp³-hybridized carbons (Fsp3) is 0.900. The number of carbonyl (C=O) groups excluding carboxylic acids is 1. The first-order chi connectivity index (χ1) is 8.33. The molecule has 7 nitrogen and oxygen atoms in total. The van der Waals surface area contributed by atoms with Crippen molar-refractivity contribution in [2.24, 2.45) is 5.73 Å². The van der Waals surface area contributed by atoms with Crippen LogP contribution in [0.4, 0.5) is 0 Å². The second kappa shape index (κ2) is 6.46. The van der Waals surface area contributed by atoms with E-state index in [0.29, 0.717) is 12.8 Å². The number of hydrogen-bond donors (Lipinski definition) is 3. The van der Waals surface area contributed by atoms with Gasteiger partial charge in [0.05, 0.1) is 6.54 Å². The molecule has 0 saturated carbocycles. The van der Waals surface area contributed by atoms with Crippen molar-refractivity contribution in [2.75, 3.05) is 19.6 Å². The van der Waals surface area contributed by atoms with Crippen LogP contribution in [0, 0.1) is 0 Å². The summed E-state index contributed by atoms with van der Waals surface area (Å²) in [5.74, 6) is -0.636. The van der Waals surface area contributed by atoms with Gasteiger partial charge >= 0.3 is 0 Å². The van der Waals surface area contributed by atoms with Crippen LogP contribution < -0.4 is 15.8 Å². The van der Waals surface area contributed by atoms with E-state index in [1.807, 2.05) is 0 Å². The Hall–Kier alpha value is -0.700. The van der Waals surface area contributed by atoms with Crippen molar-refractivity contribution < 1.29 is 13.2 Å². The molecule has 1 heterocycles. The van der Waals surface area contributed by atoms with Crippen molar-refractivity contribution >= 4 is 16.1 Å². The standard InChI is InChI=1S/C10H22N4O3S/c1-8(2)13-18(16,17)14(7-10(11)15)9-3-5-12-6-4-9/h8-9,12-13H,3-7H2,1-2H3,(H2,11,15). The van der Waals surface area contributed by atoms with Crippen LogP contribution in [0.5, 0.6) is 0 Å². The molecular weight excluding hydrogens is 256 g/mol. The molecule has 1 aliphatic rings. The van der Waals surface area contributed by atoms with Gasteiger partial charge in [-0.3, -0.25) is 4.79 Å². The maximum Gasteiger partial charge on any atom is 0.280 e. The third-order valence-corrected chi connectivity index (χ3v) is 4.53. The van der Waals surface area contributed by atoms with Crippen LogP contribution in [0.2, 0.25) is 0 Å². The Bertz CT molecular complexity index is 377. The number of hydrogen-bond acceptors (Lipinski definition) is 4. The largest absolute Gasteiger partial charge is 0.369 e. The van der Waals surface area contributed by atoms with E-state index in [1.165, 1.54) is 4.31 Å². The van der Waals surface area contributed by atoms with Crippen LogP contribution in [0.25, 0.3) is 0 Å². The van der Waals surface area contributed by atoms with E-state index in [1.54, 1.807) is 13.8 Å². The number of carbonyl (C=O) groups is 1. The van der Waals surface area contributed by atoms with Gasteiger partial charge in [0.1, 0.15) is 0 Å². The van der Waals surface area contributed by atoms with Crippen LogP contribution in [0.15, 0.2) is 0 Å². The van der Waals surface area contributed by atoms with Gasteiger partial charge in [-0.1, -0.05) is 0 Å². The summed E-state index contributed by atoms with van der Waals surface area (Å²) < 4.78 is 28.0. The molecule has 0 spiro atoms. The summed E-state index contributed by atoms with van der Waals surface area (Å²) in [6.45, 7) is 4.70. The minimum Gasteiger partial charge on any atom is -0.369 e. The quantitative estimate of drug-likeness (QED) is 0.565. The predicted octanol–water partition coefficient (Wildman–Crippen LogP) is -1.23. The second-order valence-electron chi connectivity index (χ2n) is 4.77. The van der Waals surface area contributed by atoms with E-state index < -0.39 is 16.1 Å². The average Bonchev–Trinajstić information content (AvgIpc) is 2.25. The number of rotatable bonds is 6. The van der Waals surface area contributed by atoms with Crippen molar-refractivity contribution in [2.45, 2.75) is 38.8 Å². The Morgan fingerprint density at radius 3 is 2.44 bits per heavy atom. The summed E-state index contributed by atoms with van der Waals surface area (Å²) in [7, 11) is -3.66. The van der Waals surface area contributed by atoms with Crippen molar-refractivity contribution in [1.82, 2.24) is 14.3 Å². The van der Waals surface area contributed by atoms with Crippen molar-refractivity contribution in [3.63, 3.8) is 0 Å². The van der Waals surface area contributed by atoms with Gasteiger partial charge in [-0.15, -0.1) is 0 Å². The summed E-state index contributed by atoms with van der Waals surface area (Å²) in [6, 6.07) is -0.387. The molecule has 0 aromatic carbocycles. The highest BCUT2D eigenvalue weighted by Gasteiger charge is 2.32. The van der Waals surface area contributed by atoms with E-state index in [4.69, 9.17) is 5.73 Å². The molecule has 0 atom stereocenters. The lowest BCUT2D eigenvalue weighted by atomic mass is 10.1. The highest BCUT2D eigenvalue weighted by Crippen LogP contribution is 2.15. The molecule has 1 amide bonds. The first-order valence-electron chi connectivity index (χ1n) is 6.11. The normalized spacial score (nSPS) is 18.4. The Morgan fingerprint density at radius 2 is 2.00 bits per heavy atom. The molecule has 106 valence electrons. The summed E-state index contributed by atoms with van der Waals surface area (Å²) in [6.07, 6.45) is 1.37. The molecule has 0 aromatic heterocycles. The minimum absolute atomic E-state index is 0.171. The molecule has 0 unspecified atom stereocenters. The molecule has 1 rings (SSSR count). The third-order valence-electron chi connectivity index (χ3n) is 2.72. The first kappa shape index (κ1) is 15.4. The van der Waals surface area contributed by atoms with Crippen molar-refractivity contribution in [1.29, 1.82) is 0 Å². The molecule has 1 saturated heterocycles. The van der Waals surface area contributed by atoms with Crippen LogP contribution in [0.3, 0.4) is 0 Å². The monoisotopic (exact) mass is 278 g/mol. The lowest BCUT2D eigenvalue weighted by Crippen LogP contribution is -2.53. The van der Waals surface area contributed by atoms with Gasteiger partial charge in [-0.05, 0) is 39.8 Å². The zero-order valence-corrected chi connectivity index (χ0v) is 11.7. The SMILES string of the molecule is CC(C)NS(=O)(=O)N(CC(N)=O)C1CCNCC1. The van der Waals surface area contributed by atoms with E-state index in [-0.39, 0.29) is 18.6 Å². The smallest absolute Gasteiger partial charge is 0.280 e. The van der Waals surface area contributed by atoms with Crippen molar-refractivity contribution in [3.8, 4) is 0 Å². The van der Waals surface area contributed by atoms with E-state index >= 15 is 0 Å². The highest BCUT2D eigenvalue weighted by atomic mass is 32.2. The van der Waals surface area contributed by atoms with E-state index in [2.05, 4.69) is 10.0 Å². The molecule has 0 aliphatic carbocycles. The zero-order valence-electron chi connectivity index (χ0n) is 10.8. The molecule has 1 aliphatic heterocycles. The van der Waals surface area contributed by atoms with E-state index in [9.17, 15) is 13.2 Å². The Labute approximate surface area is 108 Å². The molecule has 0 radical (unpaired) electrons. The van der Waals surface area contributed by atoms with Gasteiger partial charge in [0.2, 0.25) is 5.91 Å². The number of primary amides is 1. The van der Waals surface area contributed by atoms with Crippen LogP contribution in [-0.4, -0.2) is 50.3 Å². The van der Waals surface area contributed by atoms with Crippen molar-refractivity contribution in [3.05, 3.63) is 0 Å². The third kappa shape index (κ3) is 4.52. The average molecular weight is 278 g/mol. The fourth-order valence-corrected chi connectivity index (χ4v) is 3.66. The fourth-order valence-electron chi connectivity index (χ4n) is 2.02. The number of amides is 1. The number of nitrogens with one attached hydrogen (secondary N) is 2. The summed E-state index contributed by atoms with van der Waals surface area (Å²) >= 11 is 0. The second-order valence-corrected chi connectivity index (χ2v) is 6.43. The summed E-state index contributed by atoms with van der Waals surface area (Å²) in [5.41, 5.74) is 5.14. The molecule has 4 N–H and O–H groups in total. The van der Waals surface area contributed by atoms with E-state index in [0.717, 1.165) is 13.1 Å². The highest BCUT2D eigenvalue weighted by molar-refractivity contribution is 7.87. The molecule has 0 aromatic rings. The number of nitrogens with two attached hydrogens (primary N) is 1. The number of nitrogens with zero attached hydrogens (tertiary/aromatic N) is 1. The van der Waals surface area contributed by atoms with Gasteiger partial charge in [-0.25, -0.2) is 0 Å². The van der Waals surface area contributed by atoms with Gasteiger partial charge < -0.3 is 11.1 Å². The van der Waals surface area contributed by atoms with Crippen LogP contribution in [-0.2, 0) is 15.0 Å². The summed E-state index contributed by atoms with van der Waals surface area (Å²) in [4.78, 5) is 11.1. The van der Waals surface area contributed by atoms with Gasteiger partial charge in [-0.2, -0.15) is 17.4 Å². The maximum atomic E-state index is 12.2. The first-order valence-corrected chi connectivity index (χ1v) is 7.55. The zero-order chi connectivity index (χ0) is 13.8. The van der Waals surface area contributed by atoms with Gasteiger partial charge in [0, 0.05) is 12.1 Å². The topological polar surface area (TPSA) is 105 Å². The lowest BCUT2D eigenvalue weighted by molar-refractivity contribution is -0.118. The minimum atomic E-state index is -3.66. The van der Waals surface area contributed by atoms with Crippen LogP contribution in [0.1, 0.15) is 26.7 Å². The Morgan fingerprint density at radius 1 is 1.44 bits per heavy atom. The molecule has 18 heavy (non-hydrogen) atoms. The number of piperidine rings is 1. The maximum absolute atomic E-state index is 12.2. The molecular formula is C10H22N4O3S. The Kier molecular flexibility index (Phi) is 5.51. The molecule has 0 bridgehead atoms. The Balaban J connectivity index is 2.85. The van der Waals surface area contributed by atoms with Gasteiger partial charge in [0.25, 0.3) is 10.2 Å². The lowest BCUT2D eigenvalue weighted by Gasteiger charge is -2.33. The molecule has 1 fully saturated rings. The molecule has 8 heteroatoms. The van der Waals surface area contributed by atoms with Gasteiger partial charge in [0.15, 0.2) is 0 Å². The van der Waals surface area contributed by atoms with Crippen LogP contribution >= 0.6 is 0 Å². The summed E-state index contributed by atoms with van der Waals surface area (Å²) in [5, 5.41) is 3.16. The predicted molar refractivity (Wildman–Crippen MR) is 69.0 cm³/mol.